The third kappa shape index (κ3) is 4.23. The van der Waals surface area contributed by atoms with Crippen LogP contribution in [0.1, 0.15) is 11.1 Å². The van der Waals surface area contributed by atoms with E-state index in [0.29, 0.717) is 19.2 Å². The molecule has 2 N–H and O–H groups in total. The van der Waals surface area contributed by atoms with Crippen molar-refractivity contribution >= 4 is 50.7 Å². The van der Waals surface area contributed by atoms with Gasteiger partial charge in [-0.3, -0.25) is 9.78 Å². The van der Waals surface area contributed by atoms with Crippen LogP contribution in [-0.2, 0) is 0 Å². The van der Waals surface area contributed by atoms with Gasteiger partial charge in [0.2, 0.25) is 5.95 Å². The molecule has 0 bridgehead atoms. The summed E-state index contributed by atoms with van der Waals surface area (Å²) >= 11 is 5.00. The number of nitriles is 1. The number of rotatable bonds is 4. The zero-order valence-electron chi connectivity index (χ0n) is 13.5. The molecule has 0 saturated heterocycles. The van der Waals surface area contributed by atoms with Gasteiger partial charge in [0.05, 0.1) is 20.0 Å². The first kappa shape index (κ1) is 19.2. The van der Waals surface area contributed by atoms with Crippen LogP contribution < -0.4 is 11.0 Å². The van der Waals surface area contributed by atoms with Crippen LogP contribution in [0.5, 0.6) is 0 Å². The molecule has 0 saturated carbocycles. The number of benzene rings is 2. The molecule has 0 aliphatic rings. The molecule has 3 rings (SSSR count). The molecule has 0 atom stereocenters. The van der Waals surface area contributed by atoms with E-state index in [1.54, 1.807) is 36.4 Å². The molecule has 2 aromatic carbocycles. The number of aromatic nitrogens is 2. The average molecular weight is 538 g/mol. The first-order valence-corrected chi connectivity index (χ1v) is 9.41. The zero-order chi connectivity index (χ0) is 19.4. The zero-order valence-corrected chi connectivity index (χ0v) is 17.2. The van der Waals surface area contributed by atoms with Crippen molar-refractivity contribution in [2.75, 3.05) is 5.43 Å². The van der Waals surface area contributed by atoms with Gasteiger partial charge in [-0.25, -0.2) is 14.8 Å². The fourth-order valence-corrected chi connectivity index (χ4v) is 3.55. The second kappa shape index (κ2) is 8.41. The number of halogens is 3. The molecule has 0 aliphatic heterocycles. The third-order valence-electron chi connectivity index (χ3n) is 3.52. The number of aromatic amines is 1. The molecule has 1 aromatic heterocycles. The van der Waals surface area contributed by atoms with Crippen LogP contribution in [0.4, 0.5) is 10.3 Å². The molecular weight excluding hydrogens is 528 g/mol. The summed E-state index contributed by atoms with van der Waals surface area (Å²) in [5.74, 6) is -0.308. The molecule has 0 radical (unpaired) electrons. The second-order valence-electron chi connectivity index (χ2n) is 5.25. The van der Waals surface area contributed by atoms with Gasteiger partial charge in [-0.2, -0.15) is 10.4 Å². The predicted molar refractivity (Wildman–Crippen MR) is 113 cm³/mol. The summed E-state index contributed by atoms with van der Waals surface area (Å²) < 4.78 is 14.7. The topological polar surface area (TPSA) is 93.9 Å². The quantitative estimate of drug-likeness (QED) is 0.225. The normalized spacial score (nSPS) is 10.7. The monoisotopic (exact) mass is 537 g/mol. The highest BCUT2D eigenvalue weighted by Gasteiger charge is 2.13. The van der Waals surface area contributed by atoms with Crippen LogP contribution in [0.15, 0.2) is 56.8 Å². The van der Waals surface area contributed by atoms with E-state index >= 15 is 0 Å². The highest BCUT2D eigenvalue weighted by molar-refractivity contribution is 14.1. The van der Waals surface area contributed by atoms with Crippen LogP contribution in [0.3, 0.4) is 0 Å². The number of hydrazone groups is 1. The minimum absolute atomic E-state index is 0.0710. The van der Waals surface area contributed by atoms with E-state index in [1.807, 2.05) is 34.7 Å². The fourth-order valence-electron chi connectivity index (χ4n) is 2.24. The molecule has 0 fully saturated rings. The molecule has 6 nitrogen and oxygen atoms in total. The Kier molecular flexibility index (Phi) is 5.98. The summed E-state index contributed by atoms with van der Waals surface area (Å²) in [7, 11) is 0. The van der Waals surface area contributed by atoms with Gasteiger partial charge in [0, 0.05) is 11.1 Å². The van der Waals surface area contributed by atoms with Gasteiger partial charge < -0.3 is 0 Å². The molecule has 0 amide bonds. The number of hydrogen-bond donors (Lipinski definition) is 2. The summed E-state index contributed by atoms with van der Waals surface area (Å²) in [5.41, 5.74) is 3.40. The van der Waals surface area contributed by atoms with Crippen molar-refractivity contribution in [1.29, 1.82) is 5.26 Å². The van der Waals surface area contributed by atoms with E-state index in [0.717, 1.165) is 0 Å². The Morgan fingerprint density at radius 1 is 1.30 bits per heavy atom. The van der Waals surface area contributed by atoms with Crippen LogP contribution in [-0.4, -0.2) is 16.2 Å². The number of nitrogens with zero attached hydrogens (tertiary/aromatic N) is 3. The van der Waals surface area contributed by atoms with Gasteiger partial charge in [-0.1, -0.05) is 36.4 Å². The van der Waals surface area contributed by atoms with E-state index in [9.17, 15) is 14.4 Å². The van der Waals surface area contributed by atoms with E-state index < -0.39 is 5.56 Å². The molecule has 0 spiro atoms. The van der Waals surface area contributed by atoms with Gasteiger partial charge in [-0.15, -0.1) is 0 Å². The summed E-state index contributed by atoms with van der Waals surface area (Å²) in [4.78, 5) is 18.9. The molecule has 0 aliphatic carbocycles. The van der Waals surface area contributed by atoms with E-state index in [-0.39, 0.29) is 23.0 Å². The van der Waals surface area contributed by atoms with Crippen LogP contribution >= 0.6 is 38.5 Å². The number of H-pyrrole nitrogens is 1. The predicted octanol–water partition coefficient (Wildman–Crippen LogP) is 4.26. The first-order chi connectivity index (χ1) is 13.0. The van der Waals surface area contributed by atoms with Gasteiger partial charge in [0.1, 0.15) is 11.6 Å². The second-order valence-corrected chi connectivity index (χ2v) is 7.18. The van der Waals surface area contributed by atoms with E-state index in [1.165, 1.54) is 6.21 Å². The fraction of sp³-hybridized carbons (Fsp3) is 0. The average Bonchev–Trinajstić information content (AvgIpc) is 2.68. The van der Waals surface area contributed by atoms with Crippen molar-refractivity contribution < 1.29 is 4.39 Å². The van der Waals surface area contributed by atoms with E-state index in [2.05, 4.69) is 36.4 Å². The van der Waals surface area contributed by atoms with Crippen LogP contribution in [0.25, 0.3) is 11.3 Å². The molecule has 0 unspecified atom stereocenters. The maximum Gasteiger partial charge on any atom is 0.270 e. The molecule has 27 heavy (non-hydrogen) atoms. The van der Waals surface area contributed by atoms with E-state index in [4.69, 9.17) is 0 Å². The summed E-state index contributed by atoms with van der Waals surface area (Å²) in [6.07, 6.45) is 1.41. The Morgan fingerprint density at radius 2 is 2.04 bits per heavy atom. The van der Waals surface area contributed by atoms with Gasteiger partial charge >= 0.3 is 0 Å². The molecule has 3 aromatic rings. The van der Waals surface area contributed by atoms with Crippen LogP contribution in [0, 0.1) is 20.7 Å². The molecular formula is C18H10BrFIN5O. The number of anilines is 1. The highest BCUT2D eigenvalue weighted by atomic mass is 127. The van der Waals surface area contributed by atoms with Crippen molar-refractivity contribution in [2.24, 2.45) is 5.10 Å². The largest absolute Gasteiger partial charge is 0.290 e. The lowest BCUT2D eigenvalue weighted by Crippen LogP contribution is -2.16. The lowest BCUT2D eigenvalue weighted by Gasteiger charge is -2.06. The third-order valence-corrected chi connectivity index (χ3v) is 5.23. The smallest absolute Gasteiger partial charge is 0.270 e. The minimum atomic E-state index is -0.576. The maximum absolute atomic E-state index is 13.9. The minimum Gasteiger partial charge on any atom is -0.290 e. The number of hydrogen-bond acceptors (Lipinski definition) is 5. The first-order valence-electron chi connectivity index (χ1n) is 7.53. The van der Waals surface area contributed by atoms with Crippen molar-refractivity contribution in [2.45, 2.75) is 0 Å². The Morgan fingerprint density at radius 3 is 2.74 bits per heavy atom. The van der Waals surface area contributed by atoms with Crippen molar-refractivity contribution in [3.05, 3.63) is 77.8 Å². The van der Waals surface area contributed by atoms with Gasteiger partial charge in [0.25, 0.3) is 5.56 Å². The van der Waals surface area contributed by atoms with Crippen molar-refractivity contribution in [1.82, 2.24) is 9.97 Å². The van der Waals surface area contributed by atoms with Crippen molar-refractivity contribution in [3.8, 4) is 17.3 Å². The maximum atomic E-state index is 13.9. The summed E-state index contributed by atoms with van der Waals surface area (Å²) in [5, 5.41) is 13.3. The SMILES string of the molecule is N#Cc1c(-c2ccccc2)nc(NN=Cc2ccc(Br)c(F)c2I)[nH]c1=O. The Hall–Kier alpha value is -2.58. The Balaban J connectivity index is 1.93. The van der Waals surface area contributed by atoms with Crippen molar-refractivity contribution in [3.63, 3.8) is 0 Å². The molecule has 9 heteroatoms. The standard InChI is InChI=1S/C18H10BrFIN5O/c19-13-7-6-11(15(21)14(13)20)9-23-26-18-24-16(10-4-2-1-3-5-10)12(8-22)17(27)25-18/h1-7,9H,(H2,24,25,26,27). The Bertz CT molecular complexity index is 1130. The lowest BCUT2D eigenvalue weighted by atomic mass is 10.1. The molecule has 134 valence electrons. The number of nitrogens with one attached hydrogen (secondary N) is 2. The summed E-state index contributed by atoms with van der Waals surface area (Å²) in [6, 6.07) is 14.0. The Labute approximate surface area is 175 Å². The molecule has 1 heterocycles. The van der Waals surface area contributed by atoms with Crippen LogP contribution in [0.2, 0.25) is 0 Å². The van der Waals surface area contributed by atoms with Gasteiger partial charge in [-0.05, 0) is 44.6 Å². The lowest BCUT2D eigenvalue weighted by molar-refractivity contribution is 0.613. The van der Waals surface area contributed by atoms with Gasteiger partial charge in [0.15, 0.2) is 5.82 Å². The summed E-state index contributed by atoms with van der Waals surface area (Å²) in [6.45, 7) is 0. The highest BCUT2D eigenvalue weighted by Crippen LogP contribution is 2.23.